The van der Waals surface area contributed by atoms with E-state index in [0.29, 0.717) is 31.6 Å². The van der Waals surface area contributed by atoms with Gasteiger partial charge in [-0.1, -0.05) is 20.8 Å². The molecule has 1 aromatic heterocycles. The Kier molecular flexibility index (Phi) is 8.70. The third-order valence-corrected chi connectivity index (χ3v) is 8.74. The molecule has 32 heavy (non-hydrogen) atoms. The summed E-state index contributed by atoms with van der Waals surface area (Å²) in [7, 11) is -3.61. The first-order valence-corrected chi connectivity index (χ1v) is 13.7. The lowest BCUT2D eigenvalue weighted by Crippen LogP contribution is -2.46. The molecule has 7 nitrogen and oxygen atoms in total. The second-order valence-corrected chi connectivity index (χ2v) is 10.6. The lowest BCUT2D eigenvalue weighted by Gasteiger charge is -2.36. The van der Waals surface area contributed by atoms with Crippen LogP contribution < -0.4 is 10.2 Å². The van der Waals surface area contributed by atoms with Gasteiger partial charge in [-0.2, -0.15) is 15.6 Å². The Morgan fingerprint density at radius 2 is 1.81 bits per heavy atom. The molecule has 9 heteroatoms. The molecule has 1 saturated heterocycles. The minimum atomic E-state index is -3.61. The Morgan fingerprint density at radius 1 is 1.09 bits per heavy atom. The standard InChI is InChI=1S/C23H34N4O3S2/c1-4-25-12-14-26(15-13-25)22-9-8-20(32(29,30)27(5-2)6-3)17-21(22)24-23(28)10-7-19-11-16-31-18-19/h8-9,11,16-18H,4-7,10,12-15H2,1-3H3,(H,24,28). The highest BCUT2D eigenvalue weighted by Crippen LogP contribution is 2.31. The van der Waals surface area contributed by atoms with Gasteiger partial charge in [0.05, 0.1) is 16.3 Å². The van der Waals surface area contributed by atoms with Gasteiger partial charge in [-0.25, -0.2) is 8.42 Å². The number of sulfonamides is 1. The average molecular weight is 479 g/mol. The second-order valence-electron chi connectivity index (χ2n) is 7.87. The van der Waals surface area contributed by atoms with Crippen molar-refractivity contribution in [2.75, 3.05) is 56.0 Å². The predicted octanol–water partition coefficient (Wildman–Crippen LogP) is 3.49. The molecule has 1 fully saturated rings. The van der Waals surface area contributed by atoms with Crippen LogP contribution in [-0.4, -0.2) is 69.3 Å². The minimum absolute atomic E-state index is 0.109. The molecule has 1 aliphatic heterocycles. The van der Waals surface area contributed by atoms with Crippen LogP contribution in [-0.2, 0) is 21.2 Å². The maximum Gasteiger partial charge on any atom is 0.243 e. The van der Waals surface area contributed by atoms with Crippen LogP contribution >= 0.6 is 11.3 Å². The Bertz CT molecular complexity index is 981. The van der Waals surface area contributed by atoms with Crippen LogP contribution in [0.25, 0.3) is 0 Å². The zero-order valence-corrected chi connectivity index (χ0v) is 20.8. The summed E-state index contributed by atoms with van der Waals surface area (Å²) in [5.74, 6) is -0.109. The van der Waals surface area contributed by atoms with Crippen LogP contribution in [0.4, 0.5) is 11.4 Å². The molecule has 0 aliphatic carbocycles. The average Bonchev–Trinajstić information content (AvgIpc) is 3.32. The number of piperazine rings is 1. The number of nitrogens with one attached hydrogen (secondary N) is 1. The van der Waals surface area contributed by atoms with Crippen molar-refractivity contribution >= 4 is 38.6 Å². The second kappa shape index (κ2) is 11.3. The van der Waals surface area contributed by atoms with Crippen molar-refractivity contribution in [2.45, 2.75) is 38.5 Å². The van der Waals surface area contributed by atoms with Gasteiger partial charge in [0.15, 0.2) is 0 Å². The number of aryl methyl sites for hydroxylation is 1. The summed E-state index contributed by atoms with van der Waals surface area (Å²) in [6.07, 6.45) is 1.02. The van der Waals surface area contributed by atoms with Gasteiger partial charge in [-0.05, 0) is 53.6 Å². The molecule has 0 bridgehead atoms. The molecule has 1 aliphatic rings. The number of hydrogen-bond donors (Lipinski definition) is 1. The highest BCUT2D eigenvalue weighted by atomic mass is 32.2. The fourth-order valence-electron chi connectivity index (χ4n) is 3.97. The van der Waals surface area contributed by atoms with E-state index < -0.39 is 10.0 Å². The van der Waals surface area contributed by atoms with Crippen molar-refractivity contribution in [2.24, 2.45) is 0 Å². The minimum Gasteiger partial charge on any atom is -0.367 e. The first kappa shape index (κ1) is 24.7. The van der Waals surface area contributed by atoms with Gasteiger partial charge in [0.2, 0.25) is 15.9 Å². The zero-order valence-electron chi connectivity index (χ0n) is 19.2. The van der Waals surface area contributed by atoms with Crippen molar-refractivity contribution in [3.05, 3.63) is 40.6 Å². The molecule has 1 amide bonds. The van der Waals surface area contributed by atoms with Crippen molar-refractivity contribution in [3.63, 3.8) is 0 Å². The van der Waals surface area contributed by atoms with Gasteiger partial charge in [0.25, 0.3) is 0 Å². The summed E-state index contributed by atoms with van der Waals surface area (Å²) < 4.78 is 27.6. The van der Waals surface area contributed by atoms with Crippen LogP contribution in [0.5, 0.6) is 0 Å². The molecule has 0 atom stereocenters. The number of anilines is 2. The van der Waals surface area contributed by atoms with E-state index >= 15 is 0 Å². The summed E-state index contributed by atoms with van der Waals surface area (Å²) in [6, 6.07) is 7.15. The first-order valence-electron chi connectivity index (χ1n) is 11.3. The van der Waals surface area contributed by atoms with E-state index in [1.165, 1.54) is 4.31 Å². The Balaban J connectivity index is 1.86. The van der Waals surface area contributed by atoms with E-state index in [2.05, 4.69) is 22.0 Å². The van der Waals surface area contributed by atoms with Gasteiger partial charge in [-0.15, -0.1) is 0 Å². The summed E-state index contributed by atoms with van der Waals surface area (Å²) >= 11 is 1.62. The lowest BCUT2D eigenvalue weighted by atomic mass is 10.1. The molecule has 3 rings (SSSR count). The maximum absolute atomic E-state index is 13.1. The number of carbonyl (C=O) groups is 1. The largest absolute Gasteiger partial charge is 0.367 e. The highest BCUT2D eigenvalue weighted by molar-refractivity contribution is 7.89. The van der Waals surface area contributed by atoms with Crippen LogP contribution in [0, 0.1) is 0 Å². The van der Waals surface area contributed by atoms with Crippen LogP contribution in [0.3, 0.4) is 0 Å². The number of rotatable bonds is 10. The summed E-state index contributed by atoms with van der Waals surface area (Å²) in [5.41, 5.74) is 2.58. The van der Waals surface area contributed by atoms with E-state index in [4.69, 9.17) is 0 Å². The molecule has 2 aromatic rings. The van der Waals surface area contributed by atoms with Crippen molar-refractivity contribution in [3.8, 4) is 0 Å². The van der Waals surface area contributed by atoms with Crippen molar-refractivity contribution in [1.82, 2.24) is 9.21 Å². The van der Waals surface area contributed by atoms with Gasteiger partial charge in [0.1, 0.15) is 0 Å². The third kappa shape index (κ3) is 5.89. The molecule has 176 valence electrons. The van der Waals surface area contributed by atoms with Gasteiger partial charge < -0.3 is 15.1 Å². The predicted molar refractivity (Wildman–Crippen MR) is 132 cm³/mol. The SMILES string of the molecule is CCN1CCN(c2ccc(S(=O)(=O)N(CC)CC)cc2NC(=O)CCc2ccsc2)CC1. The molecule has 1 N–H and O–H groups in total. The van der Waals surface area contributed by atoms with Crippen LogP contribution in [0.15, 0.2) is 39.9 Å². The number of nitrogens with zero attached hydrogens (tertiary/aromatic N) is 3. The normalized spacial score (nSPS) is 15.3. The topological polar surface area (TPSA) is 73.0 Å². The zero-order chi connectivity index (χ0) is 23.1. The van der Waals surface area contributed by atoms with E-state index in [1.54, 1.807) is 23.5 Å². The van der Waals surface area contributed by atoms with E-state index in [9.17, 15) is 13.2 Å². The quantitative estimate of drug-likeness (QED) is 0.566. The molecule has 0 spiro atoms. The third-order valence-electron chi connectivity index (χ3n) is 5.97. The smallest absolute Gasteiger partial charge is 0.243 e. The molecular formula is C23H34N4O3S2. The fourth-order valence-corrected chi connectivity index (χ4v) is 6.16. The van der Waals surface area contributed by atoms with Gasteiger partial charge in [-0.3, -0.25) is 4.79 Å². The molecule has 0 radical (unpaired) electrons. The maximum atomic E-state index is 13.1. The van der Waals surface area contributed by atoms with Crippen LogP contribution in [0.2, 0.25) is 0 Å². The summed E-state index contributed by atoms with van der Waals surface area (Å²) in [6.45, 7) is 11.2. The summed E-state index contributed by atoms with van der Waals surface area (Å²) in [4.78, 5) is 17.6. The Morgan fingerprint density at radius 3 is 2.41 bits per heavy atom. The molecule has 0 saturated carbocycles. The van der Waals surface area contributed by atoms with Crippen LogP contribution in [0.1, 0.15) is 32.8 Å². The molecular weight excluding hydrogens is 444 g/mol. The fraction of sp³-hybridized carbons (Fsp3) is 0.522. The van der Waals surface area contributed by atoms with E-state index in [-0.39, 0.29) is 10.8 Å². The molecule has 2 heterocycles. The van der Waals surface area contributed by atoms with E-state index in [0.717, 1.165) is 44.0 Å². The highest BCUT2D eigenvalue weighted by Gasteiger charge is 2.25. The first-order chi connectivity index (χ1) is 15.4. The monoisotopic (exact) mass is 478 g/mol. The summed E-state index contributed by atoms with van der Waals surface area (Å²) in [5, 5.41) is 7.06. The number of likely N-dealkylation sites (N-methyl/N-ethyl adjacent to an activating group) is 1. The van der Waals surface area contributed by atoms with E-state index in [1.807, 2.05) is 36.7 Å². The van der Waals surface area contributed by atoms with Gasteiger partial charge in [0, 0.05) is 45.7 Å². The number of benzene rings is 1. The molecule has 0 unspecified atom stereocenters. The molecule has 1 aromatic carbocycles. The lowest BCUT2D eigenvalue weighted by molar-refractivity contribution is -0.116. The number of amides is 1. The number of carbonyl (C=O) groups excluding carboxylic acids is 1. The number of hydrogen-bond acceptors (Lipinski definition) is 6. The van der Waals surface area contributed by atoms with Gasteiger partial charge >= 0.3 is 0 Å². The Hall–Kier alpha value is -1.94. The van der Waals surface area contributed by atoms with Crippen molar-refractivity contribution in [1.29, 1.82) is 0 Å². The van der Waals surface area contributed by atoms with Crippen molar-refractivity contribution < 1.29 is 13.2 Å². The number of thiophene rings is 1. The Labute approximate surface area is 196 Å².